The molecule has 0 spiro atoms. The second-order valence-electron chi connectivity index (χ2n) is 4.41. The summed E-state index contributed by atoms with van der Waals surface area (Å²) in [5.74, 6) is -2.53. The maximum absolute atomic E-state index is 12.0. The maximum atomic E-state index is 12.0. The molecule has 0 saturated carbocycles. The number of rotatable bonds is 6. The molecule has 0 unspecified atom stereocenters. The average molecular weight is 293 g/mol. The summed E-state index contributed by atoms with van der Waals surface area (Å²) in [7, 11) is -3.59. The van der Waals surface area contributed by atoms with Gasteiger partial charge in [-0.15, -0.1) is 0 Å². The van der Waals surface area contributed by atoms with Gasteiger partial charge in [0, 0.05) is 13.1 Å². The van der Waals surface area contributed by atoms with Crippen LogP contribution >= 0.6 is 0 Å². The first-order chi connectivity index (χ1) is 8.86. The first kappa shape index (κ1) is 15.9. The van der Waals surface area contributed by atoms with Crippen molar-refractivity contribution in [2.75, 3.05) is 25.4 Å². The minimum Gasteiger partial charge on any atom is -0.481 e. The largest absolute Gasteiger partial charge is 0.481 e. The second kappa shape index (κ2) is 6.85. The van der Waals surface area contributed by atoms with Gasteiger partial charge in [0.25, 0.3) is 0 Å². The summed E-state index contributed by atoms with van der Waals surface area (Å²) in [6.45, 7) is 2.16. The van der Waals surface area contributed by atoms with Crippen molar-refractivity contribution in [2.24, 2.45) is 5.92 Å². The van der Waals surface area contributed by atoms with Gasteiger partial charge in [-0.05, 0) is 19.8 Å². The fourth-order valence-corrected chi connectivity index (χ4v) is 3.47. The lowest BCUT2D eigenvalue weighted by molar-refractivity contribution is -0.143. The lowest BCUT2D eigenvalue weighted by Crippen LogP contribution is -2.43. The zero-order valence-electron chi connectivity index (χ0n) is 10.9. The molecular weight excluding hydrogens is 274 g/mol. The van der Waals surface area contributed by atoms with Gasteiger partial charge in [0.15, 0.2) is 0 Å². The number of carbonyl (C=O) groups excluding carboxylic acids is 1. The van der Waals surface area contributed by atoms with Crippen molar-refractivity contribution in [3.8, 4) is 0 Å². The zero-order chi connectivity index (χ0) is 14.5. The Morgan fingerprint density at radius 3 is 2.68 bits per heavy atom. The van der Waals surface area contributed by atoms with Crippen LogP contribution in [0.15, 0.2) is 0 Å². The summed E-state index contributed by atoms with van der Waals surface area (Å²) >= 11 is 0. The third-order valence-electron chi connectivity index (χ3n) is 3.00. The van der Waals surface area contributed by atoms with E-state index in [1.807, 2.05) is 0 Å². The summed E-state index contributed by atoms with van der Waals surface area (Å²) < 4.78 is 29.8. The third-order valence-corrected chi connectivity index (χ3v) is 4.83. The molecule has 1 aliphatic heterocycles. The highest BCUT2D eigenvalue weighted by Crippen LogP contribution is 2.20. The van der Waals surface area contributed by atoms with Gasteiger partial charge in [-0.25, -0.2) is 12.7 Å². The Balaban J connectivity index is 2.56. The van der Waals surface area contributed by atoms with Gasteiger partial charge in [-0.2, -0.15) is 0 Å². The predicted octanol–water partition coefficient (Wildman–Crippen LogP) is 0.0660. The first-order valence-corrected chi connectivity index (χ1v) is 7.84. The molecule has 0 aromatic rings. The van der Waals surface area contributed by atoms with Crippen molar-refractivity contribution in [1.82, 2.24) is 4.31 Å². The number of piperidine rings is 1. The summed E-state index contributed by atoms with van der Waals surface area (Å²) in [6.07, 6.45) is 0.805. The van der Waals surface area contributed by atoms with Crippen LogP contribution in [0.1, 0.15) is 26.2 Å². The van der Waals surface area contributed by atoms with Gasteiger partial charge < -0.3 is 9.84 Å². The smallest absolute Gasteiger partial charge is 0.307 e. The lowest BCUT2D eigenvalue weighted by atomic mass is 10.0. The number of ether oxygens (including phenoxy) is 1. The van der Waals surface area contributed by atoms with E-state index in [0.29, 0.717) is 19.4 Å². The van der Waals surface area contributed by atoms with Crippen LogP contribution in [-0.4, -0.2) is 55.2 Å². The summed E-state index contributed by atoms with van der Waals surface area (Å²) in [6, 6.07) is 0. The molecule has 0 radical (unpaired) electrons. The van der Waals surface area contributed by atoms with Gasteiger partial charge in [0.1, 0.15) is 0 Å². The molecule has 0 aliphatic carbocycles. The number of hydrogen-bond acceptors (Lipinski definition) is 5. The van der Waals surface area contributed by atoms with Crippen molar-refractivity contribution in [2.45, 2.75) is 26.2 Å². The highest BCUT2D eigenvalue weighted by molar-refractivity contribution is 7.89. The normalized spacial score (nSPS) is 21.0. The van der Waals surface area contributed by atoms with E-state index in [1.165, 1.54) is 0 Å². The van der Waals surface area contributed by atoms with E-state index in [0.717, 1.165) is 4.31 Å². The van der Waals surface area contributed by atoms with E-state index in [-0.39, 0.29) is 25.3 Å². The first-order valence-electron chi connectivity index (χ1n) is 6.23. The number of nitrogens with zero attached hydrogens (tertiary/aromatic N) is 1. The van der Waals surface area contributed by atoms with Crippen molar-refractivity contribution in [3.05, 3.63) is 0 Å². The number of aliphatic carboxylic acids is 1. The topological polar surface area (TPSA) is 101 Å². The third kappa shape index (κ3) is 4.79. The Morgan fingerprint density at radius 2 is 2.11 bits per heavy atom. The van der Waals surface area contributed by atoms with Crippen molar-refractivity contribution >= 4 is 22.0 Å². The molecule has 7 nitrogen and oxygen atoms in total. The van der Waals surface area contributed by atoms with Crippen molar-refractivity contribution < 1.29 is 27.9 Å². The van der Waals surface area contributed by atoms with Crippen LogP contribution in [0.2, 0.25) is 0 Å². The number of sulfonamides is 1. The standard InChI is InChI=1S/C11H19NO6S/c1-2-18-10(13)5-7-19(16,17)12-6-3-4-9(8-12)11(14)15/h9H,2-8H2,1H3,(H,14,15)/t9-/m0/s1. The van der Waals surface area contributed by atoms with Crippen molar-refractivity contribution in [3.63, 3.8) is 0 Å². The summed E-state index contributed by atoms with van der Waals surface area (Å²) in [5.41, 5.74) is 0. The Bertz CT molecular complexity index is 432. The van der Waals surface area contributed by atoms with E-state index < -0.39 is 27.9 Å². The molecule has 0 aromatic carbocycles. The molecule has 0 amide bonds. The molecule has 1 aliphatic rings. The van der Waals surface area contributed by atoms with E-state index in [2.05, 4.69) is 4.74 Å². The molecule has 1 fully saturated rings. The van der Waals surface area contributed by atoms with Crippen LogP contribution in [0.4, 0.5) is 0 Å². The van der Waals surface area contributed by atoms with Gasteiger partial charge in [0.05, 0.1) is 24.7 Å². The Morgan fingerprint density at radius 1 is 1.42 bits per heavy atom. The minimum absolute atomic E-state index is 0.0134. The number of carboxylic acid groups (broad SMARTS) is 1. The van der Waals surface area contributed by atoms with Gasteiger partial charge >= 0.3 is 11.9 Å². The van der Waals surface area contributed by atoms with Crippen LogP contribution in [-0.2, 0) is 24.3 Å². The molecule has 1 heterocycles. The van der Waals surface area contributed by atoms with E-state index >= 15 is 0 Å². The van der Waals surface area contributed by atoms with Crippen LogP contribution in [0.5, 0.6) is 0 Å². The number of carbonyl (C=O) groups is 2. The molecule has 0 aromatic heterocycles. The molecule has 0 bridgehead atoms. The zero-order valence-corrected chi connectivity index (χ0v) is 11.7. The molecule has 1 rings (SSSR count). The average Bonchev–Trinajstić information content (AvgIpc) is 2.37. The fourth-order valence-electron chi connectivity index (χ4n) is 1.97. The van der Waals surface area contributed by atoms with Crippen LogP contribution in [0.3, 0.4) is 0 Å². The predicted molar refractivity (Wildman–Crippen MR) is 67.0 cm³/mol. The monoisotopic (exact) mass is 293 g/mol. The molecular formula is C11H19NO6S. The van der Waals surface area contributed by atoms with E-state index in [9.17, 15) is 18.0 Å². The highest BCUT2D eigenvalue weighted by Gasteiger charge is 2.32. The van der Waals surface area contributed by atoms with E-state index in [4.69, 9.17) is 5.11 Å². The number of esters is 1. The van der Waals surface area contributed by atoms with Crippen molar-refractivity contribution in [1.29, 1.82) is 0 Å². The molecule has 1 atom stereocenters. The second-order valence-corrected chi connectivity index (χ2v) is 6.49. The van der Waals surface area contributed by atoms with E-state index in [1.54, 1.807) is 6.92 Å². The number of hydrogen-bond donors (Lipinski definition) is 1. The molecule has 19 heavy (non-hydrogen) atoms. The summed E-state index contributed by atoms with van der Waals surface area (Å²) in [4.78, 5) is 22.0. The lowest BCUT2D eigenvalue weighted by Gasteiger charge is -2.29. The van der Waals surface area contributed by atoms with Crippen LogP contribution in [0.25, 0.3) is 0 Å². The van der Waals surface area contributed by atoms with Gasteiger partial charge in [0.2, 0.25) is 10.0 Å². The maximum Gasteiger partial charge on any atom is 0.307 e. The van der Waals surface area contributed by atoms with Gasteiger partial charge in [-0.1, -0.05) is 0 Å². The SMILES string of the molecule is CCOC(=O)CCS(=O)(=O)N1CCC[C@H](C(=O)O)C1. The Kier molecular flexibility index (Phi) is 5.74. The van der Waals surface area contributed by atoms with Crippen LogP contribution in [0, 0.1) is 5.92 Å². The quantitative estimate of drug-likeness (QED) is 0.695. The fraction of sp³-hybridized carbons (Fsp3) is 0.818. The summed E-state index contributed by atoms with van der Waals surface area (Å²) in [5, 5.41) is 8.91. The Labute approximate surface area is 112 Å². The van der Waals surface area contributed by atoms with Gasteiger partial charge in [-0.3, -0.25) is 9.59 Å². The molecule has 1 N–H and O–H groups in total. The molecule has 8 heteroatoms. The molecule has 1 saturated heterocycles. The number of carboxylic acids is 1. The highest BCUT2D eigenvalue weighted by atomic mass is 32.2. The van der Waals surface area contributed by atoms with Crippen LogP contribution < -0.4 is 0 Å². The minimum atomic E-state index is -3.59. The Hall–Kier alpha value is -1.15. The molecule has 110 valence electrons.